The van der Waals surface area contributed by atoms with Crippen LogP contribution < -0.4 is 16.6 Å². The van der Waals surface area contributed by atoms with E-state index in [9.17, 15) is 9.59 Å². The zero-order valence-electron chi connectivity index (χ0n) is 19.0. The maximum absolute atomic E-state index is 13.4. The van der Waals surface area contributed by atoms with Gasteiger partial charge in [-0.25, -0.2) is 10.1 Å². The molecule has 0 saturated heterocycles. The molecule has 3 aromatic carbocycles. The lowest BCUT2D eigenvalue weighted by Crippen LogP contribution is -2.50. The maximum Gasteiger partial charge on any atom is 0.274 e. The van der Waals surface area contributed by atoms with Gasteiger partial charge in [-0.15, -0.1) is 0 Å². The standard InChI is InChI=1S/C27H21N7O2/c28-26(29)34-27(18-13-7-8-14-19(18)30-25(27)36)15-20(33-34)22-21(16-9-3-1-4-10-16)23(31-32-24(22)35)17-11-5-2-6-12-17/h1-14H,15H2,(H3,28,29)(H,30,36)(H,32,35). The second-order valence-corrected chi connectivity index (χ2v) is 8.66. The molecule has 1 aromatic heterocycles. The third-order valence-electron chi connectivity index (χ3n) is 6.61. The summed E-state index contributed by atoms with van der Waals surface area (Å²) >= 11 is 0. The minimum atomic E-state index is -1.37. The van der Waals surface area contributed by atoms with Gasteiger partial charge in [0.05, 0.1) is 17.0 Å². The van der Waals surface area contributed by atoms with Crippen LogP contribution in [-0.4, -0.2) is 32.8 Å². The minimum absolute atomic E-state index is 0.0522. The molecule has 1 atom stereocenters. The number of nitrogens with two attached hydrogens (primary N) is 1. The van der Waals surface area contributed by atoms with Gasteiger partial charge in [-0.05, 0) is 11.6 Å². The molecule has 5 N–H and O–H groups in total. The number of amides is 1. The van der Waals surface area contributed by atoms with E-state index in [0.717, 1.165) is 11.1 Å². The monoisotopic (exact) mass is 475 g/mol. The Bertz CT molecular complexity index is 1610. The topological polar surface area (TPSA) is 140 Å². The molecule has 176 valence electrons. The zero-order chi connectivity index (χ0) is 24.9. The van der Waals surface area contributed by atoms with Gasteiger partial charge >= 0.3 is 0 Å². The molecule has 0 radical (unpaired) electrons. The molecule has 2 aliphatic heterocycles. The van der Waals surface area contributed by atoms with Crippen LogP contribution in [0.15, 0.2) is 94.8 Å². The SMILES string of the molecule is N=C(N)N1N=C(c2c(-c3ccccc3)c(-c3ccccc3)n[nH]c2=O)CC12C(=O)Nc1ccccc12. The molecule has 1 amide bonds. The number of fused-ring (bicyclic) bond motifs is 2. The number of carbonyl (C=O) groups is 1. The first kappa shape index (κ1) is 21.5. The smallest absolute Gasteiger partial charge is 0.274 e. The number of nitrogens with one attached hydrogen (secondary N) is 3. The number of carbonyl (C=O) groups excluding carboxylic acids is 1. The molecule has 3 heterocycles. The lowest BCUT2D eigenvalue weighted by atomic mass is 9.83. The van der Waals surface area contributed by atoms with Gasteiger partial charge in [0.25, 0.3) is 11.5 Å². The molecule has 0 bridgehead atoms. The van der Waals surface area contributed by atoms with Crippen molar-refractivity contribution in [2.75, 3.05) is 5.32 Å². The number of benzene rings is 3. The van der Waals surface area contributed by atoms with E-state index in [-0.39, 0.29) is 17.9 Å². The molecule has 1 spiro atoms. The van der Waals surface area contributed by atoms with Gasteiger partial charge in [-0.1, -0.05) is 78.9 Å². The average molecular weight is 476 g/mol. The first-order chi connectivity index (χ1) is 17.5. The van der Waals surface area contributed by atoms with Crippen LogP contribution in [0.5, 0.6) is 0 Å². The Hall–Kier alpha value is -5.05. The van der Waals surface area contributed by atoms with E-state index < -0.39 is 17.1 Å². The number of aromatic nitrogens is 2. The van der Waals surface area contributed by atoms with Gasteiger partial charge < -0.3 is 11.1 Å². The summed E-state index contributed by atoms with van der Waals surface area (Å²) in [6.07, 6.45) is 0.0522. The summed E-state index contributed by atoms with van der Waals surface area (Å²) in [4.78, 5) is 26.8. The van der Waals surface area contributed by atoms with E-state index in [2.05, 4.69) is 20.6 Å². The van der Waals surface area contributed by atoms with Crippen molar-refractivity contribution in [3.63, 3.8) is 0 Å². The summed E-state index contributed by atoms with van der Waals surface area (Å²) in [6.45, 7) is 0. The van der Waals surface area contributed by atoms with Gasteiger partial charge in [-0.2, -0.15) is 10.2 Å². The van der Waals surface area contributed by atoms with E-state index >= 15 is 0 Å². The van der Waals surface area contributed by atoms with Crippen molar-refractivity contribution in [1.82, 2.24) is 15.2 Å². The number of anilines is 1. The van der Waals surface area contributed by atoms with E-state index in [1.807, 2.05) is 78.9 Å². The van der Waals surface area contributed by atoms with Crippen molar-refractivity contribution in [2.24, 2.45) is 10.8 Å². The zero-order valence-corrected chi connectivity index (χ0v) is 19.0. The number of nitrogens with zero attached hydrogens (tertiary/aromatic N) is 3. The van der Waals surface area contributed by atoms with Crippen LogP contribution in [0.1, 0.15) is 17.5 Å². The Morgan fingerprint density at radius 1 is 0.889 bits per heavy atom. The summed E-state index contributed by atoms with van der Waals surface area (Å²) in [5, 5.41) is 24.0. The lowest BCUT2D eigenvalue weighted by molar-refractivity contribution is -0.124. The molecule has 0 fully saturated rings. The van der Waals surface area contributed by atoms with Crippen LogP contribution in [0.25, 0.3) is 22.4 Å². The van der Waals surface area contributed by atoms with Crippen LogP contribution in [0.4, 0.5) is 5.69 Å². The second-order valence-electron chi connectivity index (χ2n) is 8.66. The van der Waals surface area contributed by atoms with E-state index in [1.165, 1.54) is 5.01 Å². The third-order valence-corrected chi connectivity index (χ3v) is 6.61. The van der Waals surface area contributed by atoms with Crippen molar-refractivity contribution in [3.05, 3.63) is 106 Å². The Labute approximate surface area is 205 Å². The maximum atomic E-state index is 13.4. The number of hydrazone groups is 1. The Morgan fingerprint density at radius 3 is 2.22 bits per heavy atom. The van der Waals surface area contributed by atoms with E-state index in [0.29, 0.717) is 28.2 Å². The Kier molecular flexibility index (Phi) is 4.78. The molecular formula is C27H21N7O2. The van der Waals surface area contributed by atoms with Gasteiger partial charge in [0.2, 0.25) is 5.96 Å². The molecule has 1 unspecified atom stereocenters. The summed E-state index contributed by atoms with van der Waals surface area (Å²) in [7, 11) is 0. The lowest BCUT2D eigenvalue weighted by Gasteiger charge is -2.30. The normalized spacial score (nSPS) is 18.2. The fourth-order valence-corrected chi connectivity index (χ4v) is 5.06. The van der Waals surface area contributed by atoms with Crippen molar-refractivity contribution in [3.8, 4) is 22.4 Å². The molecule has 4 aromatic rings. The van der Waals surface area contributed by atoms with E-state index in [4.69, 9.17) is 11.1 Å². The molecule has 9 nitrogen and oxygen atoms in total. The predicted molar refractivity (Wildman–Crippen MR) is 137 cm³/mol. The minimum Gasteiger partial charge on any atom is -0.368 e. The summed E-state index contributed by atoms with van der Waals surface area (Å²) in [5.74, 6) is -0.750. The number of para-hydroxylation sites is 1. The molecule has 9 heteroatoms. The largest absolute Gasteiger partial charge is 0.368 e. The molecular weight excluding hydrogens is 454 g/mol. The number of guanidine groups is 1. The number of H-pyrrole nitrogens is 1. The van der Waals surface area contributed by atoms with Crippen molar-refractivity contribution in [1.29, 1.82) is 5.41 Å². The van der Waals surface area contributed by atoms with Crippen LogP contribution in [0.3, 0.4) is 0 Å². The molecule has 0 saturated carbocycles. The van der Waals surface area contributed by atoms with Crippen molar-refractivity contribution >= 4 is 23.3 Å². The van der Waals surface area contributed by atoms with Crippen molar-refractivity contribution < 1.29 is 4.79 Å². The first-order valence-corrected chi connectivity index (χ1v) is 11.4. The highest BCUT2D eigenvalue weighted by molar-refractivity contribution is 6.17. The Morgan fingerprint density at radius 2 is 1.53 bits per heavy atom. The number of rotatable bonds is 3. The van der Waals surface area contributed by atoms with Gasteiger partial charge in [0.15, 0.2) is 5.54 Å². The molecule has 36 heavy (non-hydrogen) atoms. The van der Waals surface area contributed by atoms with Crippen LogP contribution in [-0.2, 0) is 10.3 Å². The highest BCUT2D eigenvalue weighted by atomic mass is 16.2. The predicted octanol–water partition coefficient (Wildman–Crippen LogP) is 3.25. The molecule has 6 rings (SSSR count). The van der Waals surface area contributed by atoms with Gasteiger partial charge in [0.1, 0.15) is 0 Å². The highest BCUT2D eigenvalue weighted by Crippen LogP contribution is 2.47. The summed E-state index contributed by atoms with van der Waals surface area (Å²) in [5.41, 5.74) is 8.80. The second kappa shape index (κ2) is 8.02. The van der Waals surface area contributed by atoms with Crippen molar-refractivity contribution in [2.45, 2.75) is 12.0 Å². The summed E-state index contributed by atoms with van der Waals surface area (Å²) in [6, 6.07) is 26.2. The van der Waals surface area contributed by atoms with Gasteiger partial charge in [0, 0.05) is 28.8 Å². The van der Waals surface area contributed by atoms with Crippen LogP contribution >= 0.6 is 0 Å². The summed E-state index contributed by atoms with van der Waals surface area (Å²) < 4.78 is 0. The number of hydrogen-bond acceptors (Lipinski definition) is 5. The number of aromatic amines is 1. The third kappa shape index (κ3) is 3.06. The van der Waals surface area contributed by atoms with Gasteiger partial charge in [-0.3, -0.25) is 15.0 Å². The molecule has 2 aliphatic rings. The van der Waals surface area contributed by atoms with E-state index in [1.54, 1.807) is 6.07 Å². The fourth-order valence-electron chi connectivity index (χ4n) is 5.06. The Balaban J connectivity index is 1.61. The quantitative estimate of drug-likeness (QED) is 0.266. The fraction of sp³-hybridized carbons (Fsp3) is 0.0741. The van der Waals surface area contributed by atoms with Crippen LogP contribution in [0, 0.1) is 5.41 Å². The molecule has 0 aliphatic carbocycles. The highest BCUT2D eigenvalue weighted by Gasteiger charge is 2.57. The first-order valence-electron chi connectivity index (χ1n) is 11.4. The number of hydrogen-bond donors (Lipinski definition) is 4. The van der Waals surface area contributed by atoms with Crippen LogP contribution in [0.2, 0.25) is 0 Å². The average Bonchev–Trinajstić information content (AvgIpc) is 3.44.